The maximum Gasteiger partial charge on any atom is 0.171 e. The molecular formula is C49H32NOP. The van der Waals surface area contributed by atoms with Crippen molar-refractivity contribution < 1.29 is 4.57 Å². The Labute approximate surface area is 302 Å². The van der Waals surface area contributed by atoms with E-state index in [9.17, 15) is 0 Å². The average molecular weight is 682 g/mol. The molecule has 9 aromatic rings. The molecule has 244 valence electrons. The standard InChI is InChI=1S/C49H32NOP/c51-52(37-20-8-3-9-21-37)46-26-14-11-23-41(46)49(42-24-12-15-27-47(42)52)40-22-10-13-25-45(40)50-44-29-28-35(33-16-4-1-5-17-33)30-38(44)39-31-36(32-43(49)48(39)50)34-18-6-2-7-19-34/h1-32H. The maximum absolute atomic E-state index is 16.1. The Bertz CT molecular complexity index is 2870. The van der Waals surface area contributed by atoms with E-state index in [-0.39, 0.29) is 0 Å². The molecule has 1 aromatic heterocycles. The fourth-order valence-electron chi connectivity index (χ4n) is 9.32. The van der Waals surface area contributed by atoms with Crippen LogP contribution < -0.4 is 15.9 Å². The van der Waals surface area contributed by atoms with Gasteiger partial charge in [-0.25, -0.2) is 0 Å². The summed E-state index contributed by atoms with van der Waals surface area (Å²) >= 11 is 0. The molecule has 2 aliphatic rings. The van der Waals surface area contributed by atoms with Gasteiger partial charge in [-0.15, -0.1) is 0 Å². The zero-order valence-electron chi connectivity index (χ0n) is 28.3. The van der Waals surface area contributed by atoms with Crippen molar-refractivity contribution >= 4 is 44.9 Å². The second-order valence-electron chi connectivity index (χ2n) is 14.0. The smallest absolute Gasteiger partial charge is 0.171 e. The third kappa shape index (κ3) is 3.77. The molecule has 11 rings (SSSR count). The van der Waals surface area contributed by atoms with Crippen LogP contribution in [0.1, 0.15) is 22.3 Å². The minimum atomic E-state index is -3.26. The molecule has 0 bridgehead atoms. The second-order valence-corrected chi connectivity index (χ2v) is 16.7. The Morgan fingerprint density at radius 1 is 0.404 bits per heavy atom. The highest BCUT2D eigenvalue weighted by molar-refractivity contribution is 7.85. The van der Waals surface area contributed by atoms with Crippen LogP contribution in [-0.2, 0) is 9.98 Å². The van der Waals surface area contributed by atoms with Crippen molar-refractivity contribution in [3.8, 4) is 27.9 Å². The Morgan fingerprint density at radius 2 is 0.923 bits per heavy atom. The predicted octanol–water partition coefficient (Wildman–Crippen LogP) is 10.8. The summed E-state index contributed by atoms with van der Waals surface area (Å²) in [4.78, 5) is 0. The SMILES string of the molecule is O=P1(c2ccccc2)c2ccccc2C2(c3ccccc3-n3c4ccc(-c5ccccc5)cc4c4cc(-c5ccccc5)cc2c43)c2ccccc21. The van der Waals surface area contributed by atoms with Crippen molar-refractivity contribution in [1.29, 1.82) is 0 Å². The highest BCUT2D eigenvalue weighted by Gasteiger charge is 2.54. The lowest BCUT2D eigenvalue weighted by molar-refractivity contribution is 0.590. The molecule has 0 radical (unpaired) electrons. The average Bonchev–Trinajstić information content (AvgIpc) is 3.56. The van der Waals surface area contributed by atoms with Crippen molar-refractivity contribution in [2.24, 2.45) is 0 Å². The van der Waals surface area contributed by atoms with Crippen LogP contribution in [0, 0.1) is 0 Å². The van der Waals surface area contributed by atoms with Crippen LogP contribution in [0.4, 0.5) is 0 Å². The van der Waals surface area contributed by atoms with Gasteiger partial charge in [0.05, 0.1) is 22.1 Å². The van der Waals surface area contributed by atoms with Crippen molar-refractivity contribution in [2.75, 3.05) is 0 Å². The van der Waals surface area contributed by atoms with Gasteiger partial charge in [0.15, 0.2) is 7.14 Å². The molecule has 0 saturated carbocycles. The summed E-state index contributed by atoms with van der Waals surface area (Å²) in [5.41, 5.74) is 12.1. The topological polar surface area (TPSA) is 22.0 Å². The van der Waals surface area contributed by atoms with E-state index in [0.29, 0.717) is 0 Å². The third-order valence-corrected chi connectivity index (χ3v) is 14.6. The fraction of sp³-hybridized carbons (Fsp3) is 0.0204. The van der Waals surface area contributed by atoms with Crippen molar-refractivity contribution in [3.05, 3.63) is 216 Å². The predicted molar refractivity (Wildman–Crippen MR) is 216 cm³/mol. The quantitative estimate of drug-likeness (QED) is 0.170. The summed E-state index contributed by atoms with van der Waals surface area (Å²) in [6.07, 6.45) is 0. The Kier molecular flexibility index (Phi) is 6.18. The van der Waals surface area contributed by atoms with Gasteiger partial charge in [-0.1, -0.05) is 164 Å². The summed E-state index contributed by atoms with van der Waals surface area (Å²) in [5, 5.41) is 5.10. The Balaban J connectivity index is 1.36. The molecule has 8 aromatic carbocycles. The first-order chi connectivity index (χ1) is 25.7. The van der Waals surface area contributed by atoms with E-state index in [0.717, 1.165) is 38.3 Å². The first-order valence-electron chi connectivity index (χ1n) is 17.9. The van der Waals surface area contributed by atoms with Gasteiger partial charge < -0.3 is 9.13 Å². The van der Waals surface area contributed by atoms with Gasteiger partial charge in [0.1, 0.15) is 0 Å². The molecule has 0 atom stereocenters. The number of rotatable bonds is 3. The third-order valence-electron chi connectivity index (χ3n) is 11.4. The number of hydrogen-bond donors (Lipinski definition) is 0. The molecule has 3 heterocycles. The second kappa shape index (κ2) is 10.9. The molecule has 52 heavy (non-hydrogen) atoms. The lowest BCUT2D eigenvalue weighted by Gasteiger charge is -2.47. The lowest BCUT2D eigenvalue weighted by Crippen LogP contribution is -2.48. The normalized spacial score (nSPS) is 18.2. The van der Waals surface area contributed by atoms with Crippen LogP contribution in [-0.4, -0.2) is 4.57 Å². The van der Waals surface area contributed by atoms with Gasteiger partial charge in [0, 0.05) is 26.7 Å². The van der Waals surface area contributed by atoms with Crippen LogP contribution in [0.3, 0.4) is 0 Å². The summed E-state index contributed by atoms with van der Waals surface area (Å²) in [5.74, 6) is 0. The van der Waals surface area contributed by atoms with Crippen LogP contribution >= 0.6 is 7.14 Å². The van der Waals surface area contributed by atoms with Crippen molar-refractivity contribution in [3.63, 3.8) is 0 Å². The zero-order valence-corrected chi connectivity index (χ0v) is 29.2. The first kappa shape index (κ1) is 29.5. The minimum Gasteiger partial charge on any atom is -0.309 e. The van der Waals surface area contributed by atoms with Gasteiger partial charge in [-0.05, 0) is 74.8 Å². The monoisotopic (exact) mass is 681 g/mol. The number of hydrogen-bond acceptors (Lipinski definition) is 1. The highest BCUT2D eigenvalue weighted by atomic mass is 31.2. The van der Waals surface area contributed by atoms with Crippen LogP contribution in [0.2, 0.25) is 0 Å². The maximum atomic E-state index is 16.1. The number of para-hydroxylation sites is 1. The highest BCUT2D eigenvalue weighted by Crippen LogP contribution is 2.61. The summed E-state index contributed by atoms with van der Waals surface area (Å²) in [6.45, 7) is 0. The molecule has 3 heteroatoms. The van der Waals surface area contributed by atoms with Gasteiger partial charge in [-0.2, -0.15) is 0 Å². The molecule has 2 nitrogen and oxygen atoms in total. The van der Waals surface area contributed by atoms with E-state index >= 15 is 4.57 Å². The molecule has 0 unspecified atom stereocenters. The molecule has 0 fully saturated rings. The molecule has 0 aliphatic carbocycles. The number of benzene rings is 8. The molecule has 0 saturated heterocycles. The van der Waals surface area contributed by atoms with Crippen LogP contribution in [0.5, 0.6) is 0 Å². The van der Waals surface area contributed by atoms with E-state index in [4.69, 9.17) is 0 Å². The van der Waals surface area contributed by atoms with E-state index in [1.807, 2.05) is 30.3 Å². The Morgan fingerprint density at radius 3 is 1.58 bits per heavy atom. The molecule has 0 N–H and O–H groups in total. The largest absolute Gasteiger partial charge is 0.309 e. The number of nitrogens with zero attached hydrogens (tertiary/aromatic N) is 1. The van der Waals surface area contributed by atoms with E-state index in [1.54, 1.807) is 0 Å². The summed E-state index contributed by atoms with van der Waals surface area (Å²) < 4.78 is 18.6. The van der Waals surface area contributed by atoms with E-state index in [1.165, 1.54) is 49.6 Å². The summed E-state index contributed by atoms with van der Waals surface area (Å²) in [6, 6.07) is 69.2. The van der Waals surface area contributed by atoms with Crippen LogP contribution in [0.25, 0.3) is 49.7 Å². The lowest BCUT2D eigenvalue weighted by atomic mass is 9.62. The van der Waals surface area contributed by atoms with Gasteiger partial charge in [0.25, 0.3) is 0 Å². The molecule has 2 aliphatic heterocycles. The van der Waals surface area contributed by atoms with Crippen molar-refractivity contribution in [2.45, 2.75) is 5.41 Å². The van der Waals surface area contributed by atoms with Crippen molar-refractivity contribution in [1.82, 2.24) is 4.57 Å². The van der Waals surface area contributed by atoms with E-state index < -0.39 is 12.6 Å². The van der Waals surface area contributed by atoms with Gasteiger partial charge >= 0.3 is 0 Å². The van der Waals surface area contributed by atoms with Crippen LogP contribution in [0.15, 0.2) is 194 Å². The Hall–Kier alpha value is -6.21. The van der Waals surface area contributed by atoms with E-state index in [2.05, 4.69) is 168 Å². The number of aromatic nitrogens is 1. The van der Waals surface area contributed by atoms with Gasteiger partial charge in [-0.3, -0.25) is 0 Å². The minimum absolute atomic E-state index is 0.734. The molecule has 1 spiro atoms. The summed E-state index contributed by atoms with van der Waals surface area (Å²) in [7, 11) is -3.26. The molecule has 0 amide bonds. The zero-order chi connectivity index (χ0) is 34.4. The number of fused-ring (bicyclic) bond motifs is 11. The molecular weight excluding hydrogens is 650 g/mol. The first-order valence-corrected chi connectivity index (χ1v) is 19.6. The van der Waals surface area contributed by atoms with Gasteiger partial charge in [0.2, 0.25) is 0 Å². The fourth-order valence-corrected chi connectivity index (χ4v) is 12.5.